The van der Waals surface area contributed by atoms with E-state index in [-0.39, 0.29) is 6.04 Å². The highest BCUT2D eigenvalue weighted by atomic mass is 79.9. The van der Waals surface area contributed by atoms with E-state index < -0.39 is 12.7 Å². The predicted octanol–water partition coefficient (Wildman–Crippen LogP) is 4.51. The largest absolute Gasteiger partial charge is 0.405 e. The van der Waals surface area contributed by atoms with Gasteiger partial charge in [0, 0.05) is 23.2 Å². The Kier molecular flexibility index (Phi) is 6.33. The third-order valence-electron chi connectivity index (χ3n) is 2.99. The molecule has 0 radical (unpaired) electrons. The van der Waals surface area contributed by atoms with Crippen molar-refractivity contribution in [2.75, 3.05) is 25.0 Å². The molecule has 1 aromatic carbocycles. The van der Waals surface area contributed by atoms with E-state index in [1.807, 2.05) is 19.1 Å². The molecule has 0 amide bonds. The van der Waals surface area contributed by atoms with Crippen molar-refractivity contribution in [3.8, 4) is 0 Å². The second-order valence-corrected chi connectivity index (χ2v) is 5.77. The monoisotopic (exact) mass is 352 g/mol. The summed E-state index contributed by atoms with van der Waals surface area (Å²) in [6.45, 7) is 3.89. The topological polar surface area (TPSA) is 15.3 Å². The van der Waals surface area contributed by atoms with Gasteiger partial charge in [-0.05, 0) is 37.6 Å². The molecule has 0 saturated heterocycles. The number of anilines is 1. The third-order valence-corrected chi connectivity index (χ3v) is 3.48. The Morgan fingerprint density at radius 3 is 2.55 bits per heavy atom. The summed E-state index contributed by atoms with van der Waals surface area (Å²) in [7, 11) is 1.46. The van der Waals surface area contributed by atoms with E-state index in [0.29, 0.717) is 5.69 Å². The van der Waals surface area contributed by atoms with Gasteiger partial charge in [-0.3, -0.25) is 0 Å². The van der Waals surface area contributed by atoms with Gasteiger partial charge in [0.2, 0.25) is 0 Å². The van der Waals surface area contributed by atoms with Crippen LogP contribution in [0.5, 0.6) is 0 Å². The number of halogens is 4. The normalized spacial score (nSPS) is 13.3. The number of benzene rings is 1. The molecular weight excluding hydrogens is 333 g/mol. The lowest BCUT2D eigenvalue weighted by Gasteiger charge is -2.26. The molecule has 0 saturated carbocycles. The number of rotatable bonds is 6. The quantitative estimate of drug-likeness (QED) is 0.810. The molecule has 0 heterocycles. The highest BCUT2D eigenvalue weighted by Gasteiger charge is 2.30. The highest BCUT2D eigenvalue weighted by molar-refractivity contribution is 9.10. The molecule has 1 atom stereocenters. The molecule has 20 heavy (non-hydrogen) atoms. The molecule has 6 heteroatoms. The minimum Gasteiger partial charge on any atom is -0.365 e. The second kappa shape index (κ2) is 7.31. The first kappa shape index (κ1) is 17.3. The lowest BCUT2D eigenvalue weighted by atomic mass is 10.1. The molecule has 1 rings (SSSR count). The fraction of sp³-hybridized carbons (Fsp3) is 0.571. The minimum atomic E-state index is -4.21. The highest BCUT2D eigenvalue weighted by Crippen LogP contribution is 2.31. The van der Waals surface area contributed by atoms with Crippen LogP contribution < -0.4 is 10.2 Å². The maximum atomic E-state index is 12.6. The zero-order chi connectivity index (χ0) is 15.3. The van der Waals surface area contributed by atoms with Crippen molar-refractivity contribution >= 4 is 21.6 Å². The van der Waals surface area contributed by atoms with Crippen molar-refractivity contribution in [1.82, 2.24) is 5.32 Å². The standard InChI is InChI=1S/C14H20BrF3N2/c1-4-7-19-10(2)12-6-5-11(15)8-13(12)20(3)9-14(16,17)18/h5-6,8,10,19H,4,7,9H2,1-3H3. The Hall–Kier alpha value is -0.750. The summed E-state index contributed by atoms with van der Waals surface area (Å²) in [4.78, 5) is 1.24. The first-order valence-corrected chi connectivity index (χ1v) is 7.34. The molecule has 0 fully saturated rings. The van der Waals surface area contributed by atoms with Gasteiger partial charge in [-0.15, -0.1) is 0 Å². The summed E-state index contributed by atoms with van der Waals surface area (Å²) in [5.74, 6) is 0. The SMILES string of the molecule is CCCNC(C)c1ccc(Br)cc1N(C)CC(F)(F)F. The summed E-state index contributed by atoms with van der Waals surface area (Å²) in [5, 5.41) is 3.30. The van der Waals surface area contributed by atoms with Crippen LogP contribution in [0.25, 0.3) is 0 Å². The van der Waals surface area contributed by atoms with Crippen LogP contribution in [0.1, 0.15) is 31.9 Å². The predicted molar refractivity (Wildman–Crippen MR) is 80.2 cm³/mol. The lowest BCUT2D eigenvalue weighted by Crippen LogP contribution is -2.32. The van der Waals surface area contributed by atoms with Gasteiger partial charge >= 0.3 is 6.18 Å². The van der Waals surface area contributed by atoms with Gasteiger partial charge in [0.15, 0.2) is 0 Å². The van der Waals surface area contributed by atoms with E-state index in [1.54, 1.807) is 6.07 Å². The summed E-state index contributed by atoms with van der Waals surface area (Å²) in [6, 6.07) is 5.45. The Morgan fingerprint density at radius 2 is 2.00 bits per heavy atom. The maximum Gasteiger partial charge on any atom is 0.405 e. The summed E-state index contributed by atoms with van der Waals surface area (Å²) < 4.78 is 38.4. The van der Waals surface area contributed by atoms with Crippen LogP contribution in [0.3, 0.4) is 0 Å². The van der Waals surface area contributed by atoms with Gasteiger partial charge in [0.05, 0.1) is 0 Å². The van der Waals surface area contributed by atoms with Crippen molar-refractivity contribution in [3.05, 3.63) is 28.2 Å². The van der Waals surface area contributed by atoms with Gasteiger partial charge < -0.3 is 10.2 Å². The maximum absolute atomic E-state index is 12.6. The van der Waals surface area contributed by atoms with Crippen molar-refractivity contribution in [3.63, 3.8) is 0 Å². The first-order valence-electron chi connectivity index (χ1n) is 6.55. The van der Waals surface area contributed by atoms with Gasteiger partial charge in [0.1, 0.15) is 6.54 Å². The van der Waals surface area contributed by atoms with E-state index >= 15 is 0 Å². The molecule has 0 spiro atoms. The molecule has 1 unspecified atom stereocenters. The molecule has 1 aromatic rings. The molecule has 0 aliphatic heterocycles. The van der Waals surface area contributed by atoms with E-state index in [4.69, 9.17) is 0 Å². The minimum absolute atomic E-state index is 0.00809. The fourth-order valence-corrected chi connectivity index (χ4v) is 2.39. The number of nitrogens with zero attached hydrogens (tertiary/aromatic N) is 1. The average molecular weight is 353 g/mol. The van der Waals surface area contributed by atoms with Crippen LogP contribution in [0, 0.1) is 0 Å². The zero-order valence-corrected chi connectivity index (χ0v) is 13.5. The van der Waals surface area contributed by atoms with Crippen LogP contribution in [-0.4, -0.2) is 26.3 Å². The van der Waals surface area contributed by atoms with Gasteiger partial charge in [0.25, 0.3) is 0 Å². The second-order valence-electron chi connectivity index (χ2n) is 4.85. The smallest absolute Gasteiger partial charge is 0.365 e. The molecular formula is C14H20BrF3N2. The van der Waals surface area contributed by atoms with Crippen molar-refractivity contribution in [2.24, 2.45) is 0 Å². The first-order chi connectivity index (χ1) is 9.24. The lowest BCUT2D eigenvalue weighted by molar-refractivity contribution is -0.119. The Bertz CT molecular complexity index is 435. The van der Waals surface area contributed by atoms with Crippen LogP contribution in [0.4, 0.5) is 18.9 Å². The molecule has 1 N–H and O–H groups in total. The molecule has 0 bridgehead atoms. The Balaban J connectivity index is 3.00. The van der Waals surface area contributed by atoms with Crippen LogP contribution in [0.2, 0.25) is 0 Å². The van der Waals surface area contributed by atoms with E-state index in [1.165, 1.54) is 11.9 Å². The van der Waals surface area contributed by atoms with Gasteiger partial charge in [-0.25, -0.2) is 0 Å². The summed E-state index contributed by atoms with van der Waals surface area (Å²) in [6.07, 6.45) is -3.23. The molecule has 0 aliphatic carbocycles. The average Bonchev–Trinajstić information content (AvgIpc) is 2.33. The van der Waals surface area contributed by atoms with E-state index in [9.17, 15) is 13.2 Å². The fourth-order valence-electron chi connectivity index (χ4n) is 2.04. The number of hydrogen-bond acceptors (Lipinski definition) is 2. The molecule has 114 valence electrons. The Morgan fingerprint density at radius 1 is 1.35 bits per heavy atom. The van der Waals surface area contributed by atoms with Crippen molar-refractivity contribution in [2.45, 2.75) is 32.5 Å². The van der Waals surface area contributed by atoms with Crippen LogP contribution >= 0.6 is 15.9 Å². The van der Waals surface area contributed by atoms with Crippen molar-refractivity contribution < 1.29 is 13.2 Å². The van der Waals surface area contributed by atoms with Crippen molar-refractivity contribution in [1.29, 1.82) is 0 Å². The van der Waals surface area contributed by atoms with Gasteiger partial charge in [-0.2, -0.15) is 13.2 Å². The molecule has 0 aliphatic rings. The van der Waals surface area contributed by atoms with Crippen LogP contribution in [0.15, 0.2) is 22.7 Å². The summed E-state index contributed by atoms with van der Waals surface area (Å²) in [5.41, 5.74) is 1.46. The van der Waals surface area contributed by atoms with Gasteiger partial charge in [-0.1, -0.05) is 28.9 Å². The summed E-state index contributed by atoms with van der Waals surface area (Å²) >= 11 is 3.32. The number of nitrogens with one attached hydrogen (secondary N) is 1. The number of alkyl halides is 3. The van der Waals surface area contributed by atoms with E-state index in [0.717, 1.165) is 23.0 Å². The number of hydrogen-bond donors (Lipinski definition) is 1. The molecule has 2 nitrogen and oxygen atoms in total. The molecule has 0 aromatic heterocycles. The third kappa shape index (κ3) is 5.32. The Labute approximate surface area is 126 Å². The van der Waals surface area contributed by atoms with E-state index in [2.05, 4.69) is 28.2 Å². The zero-order valence-electron chi connectivity index (χ0n) is 11.9. The van der Waals surface area contributed by atoms with Crippen LogP contribution in [-0.2, 0) is 0 Å².